The third-order valence-corrected chi connectivity index (χ3v) is 4.50. The molecule has 0 bridgehead atoms. The van der Waals surface area contributed by atoms with Crippen LogP contribution >= 0.6 is 0 Å². The second-order valence-corrected chi connectivity index (χ2v) is 5.50. The van der Waals surface area contributed by atoms with Crippen LogP contribution in [0.1, 0.15) is 52.9 Å². The van der Waals surface area contributed by atoms with Crippen molar-refractivity contribution in [3.63, 3.8) is 0 Å². The minimum Gasteiger partial charge on any atom is -0.390 e. The van der Waals surface area contributed by atoms with Crippen LogP contribution in [0.4, 0.5) is 0 Å². The largest absolute Gasteiger partial charge is 0.390 e. The fraction of sp³-hybridized carbons (Fsp3) is 1.00. The maximum atomic E-state index is 9.88. The van der Waals surface area contributed by atoms with E-state index in [4.69, 9.17) is 9.47 Å². The van der Waals surface area contributed by atoms with E-state index in [1.165, 1.54) is 0 Å². The highest BCUT2D eigenvalue weighted by Gasteiger charge is 2.50. The molecule has 2 saturated heterocycles. The van der Waals surface area contributed by atoms with E-state index in [9.17, 15) is 5.11 Å². The van der Waals surface area contributed by atoms with Crippen LogP contribution in [0.5, 0.6) is 0 Å². The monoisotopic (exact) mass is 228 g/mol. The summed E-state index contributed by atoms with van der Waals surface area (Å²) in [6.45, 7) is 6.93. The number of hydrogen-bond donors (Lipinski definition) is 1. The highest BCUT2D eigenvalue weighted by molar-refractivity contribution is 4.99. The molecule has 0 unspecified atom stereocenters. The Morgan fingerprint density at radius 3 is 2.62 bits per heavy atom. The van der Waals surface area contributed by atoms with E-state index < -0.39 is 6.10 Å². The highest BCUT2D eigenvalue weighted by Crippen LogP contribution is 2.43. The van der Waals surface area contributed by atoms with Crippen LogP contribution in [-0.4, -0.2) is 35.1 Å². The molecule has 0 aromatic heterocycles. The number of hydrogen-bond acceptors (Lipinski definition) is 3. The van der Waals surface area contributed by atoms with Gasteiger partial charge in [0.1, 0.15) is 0 Å². The predicted octanol–water partition coefficient (Wildman–Crippen LogP) is 2.26. The maximum absolute atomic E-state index is 9.88. The van der Waals surface area contributed by atoms with Gasteiger partial charge in [0.2, 0.25) is 0 Å². The van der Waals surface area contributed by atoms with Crippen molar-refractivity contribution in [2.45, 2.75) is 76.3 Å². The van der Waals surface area contributed by atoms with Crippen molar-refractivity contribution >= 4 is 0 Å². The summed E-state index contributed by atoms with van der Waals surface area (Å²) < 4.78 is 12.0. The molecule has 0 aromatic carbocycles. The first-order valence-electron chi connectivity index (χ1n) is 6.52. The molecule has 2 rings (SSSR count). The van der Waals surface area contributed by atoms with Gasteiger partial charge in [-0.3, -0.25) is 0 Å². The van der Waals surface area contributed by atoms with E-state index in [2.05, 4.69) is 13.8 Å². The van der Waals surface area contributed by atoms with Gasteiger partial charge < -0.3 is 14.6 Å². The Labute approximate surface area is 98.1 Å². The molecule has 0 aliphatic carbocycles. The first-order chi connectivity index (χ1) is 7.52. The smallest absolute Gasteiger partial charge is 0.0941 e. The normalized spacial score (nSPS) is 46.1. The number of ether oxygens (including phenoxy) is 2. The van der Waals surface area contributed by atoms with Crippen molar-refractivity contribution < 1.29 is 14.6 Å². The van der Waals surface area contributed by atoms with Gasteiger partial charge in [-0.2, -0.15) is 0 Å². The van der Waals surface area contributed by atoms with Crippen molar-refractivity contribution in [3.8, 4) is 0 Å². The Morgan fingerprint density at radius 2 is 2.19 bits per heavy atom. The van der Waals surface area contributed by atoms with Gasteiger partial charge in [0.15, 0.2) is 0 Å². The summed E-state index contributed by atoms with van der Waals surface area (Å²) in [5.74, 6) is 0. The average Bonchev–Trinajstić information content (AvgIpc) is 2.85. The van der Waals surface area contributed by atoms with Gasteiger partial charge in [0.25, 0.3) is 0 Å². The molecule has 3 nitrogen and oxygen atoms in total. The second kappa shape index (κ2) is 4.28. The summed E-state index contributed by atoms with van der Waals surface area (Å²) >= 11 is 0. The first-order valence-corrected chi connectivity index (χ1v) is 6.52. The summed E-state index contributed by atoms with van der Waals surface area (Å²) in [6, 6.07) is 0. The molecule has 0 radical (unpaired) electrons. The molecule has 0 saturated carbocycles. The lowest BCUT2D eigenvalue weighted by Gasteiger charge is -2.35. The minimum atomic E-state index is -0.396. The molecule has 2 fully saturated rings. The molecule has 0 aromatic rings. The topological polar surface area (TPSA) is 38.7 Å². The summed E-state index contributed by atoms with van der Waals surface area (Å²) in [5, 5.41) is 9.88. The Hall–Kier alpha value is -0.120. The van der Waals surface area contributed by atoms with E-state index in [1.54, 1.807) is 0 Å². The molecule has 2 aliphatic rings. The fourth-order valence-corrected chi connectivity index (χ4v) is 3.12. The molecule has 0 amide bonds. The van der Waals surface area contributed by atoms with E-state index in [0.29, 0.717) is 0 Å². The molecule has 2 heterocycles. The lowest BCUT2D eigenvalue weighted by molar-refractivity contribution is -0.166. The molecule has 3 heteroatoms. The van der Waals surface area contributed by atoms with Gasteiger partial charge in [0, 0.05) is 6.61 Å². The van der Waals surface area contributed by atoms with Gasteiger partial charge in [-0.25, -0.2) is 0 Å². The summed E-state index contributed by atoms with van der Waals surface area (Å²) in [6.07, 6.45) is 4.80. The molecule has 16 heavy (non-hydrogen) atoms. The van der Waals surface area contributed by atoms with Crippen molar-refractivity contribution in [1.29, 1.82) is 0 Å². The number of rotatable bonds is 3. The molecule has 4 atom stereocenters. The van der Waals surface area contributed by atoms with Crippen molar-refractivity contribution in [3.05, 3.63) is 0 Å². The zero-order valence-corrected chi connectivity index (χ0v) is 10.7. The summed E-state index contributed by atoms with van der Waals surface area (Å²) in [4.78, 5) is 0. The highest BCUT2D eigenvalue weighted by atomic mass is 16.6. The second-order valence-electron chi connectivity index (χ2n) is 5.50. The SMILES string of the molecule is CC[C@]1([C@H](C)O)CC[C@@H]([C@@]2(C)CCCO2)O1. The maximum Gasteiger partial charge on any atom is 0.0941 e. The number of aliphatic hydroxyl groups excluding tert-OH is 1. The summed E-state index contributed by atoms with van der Waals surface area (Å²) in [5.41, 5.74) is -0.453. The first kappa shape index (κ1) is 12.3. The Bertz CT molecular complexity index is 246. The lowest BCUT2D eigenvalue weighted by atomic mass is 9.89. The average molecular weight is 228 g/mol. The standard InChI is InChI=1S/C13H24O3/c1-4-13(10(2)14)8-6-11(16-13)12(3)7-5-9-15-12/h10-11,14H,4-9H2,1-3H3/t10-,11-,12+,13+/m0/s1. The van der Waals surface area contributed by atoms with Crippen molar-refractivity contribution in [2.75, 3.05) is 6.61 Å². The number of aliphatic hydroxyl groups is 1. The molecule has 2 aliphatic heterocycles. The van der Waals surface area contributed by atoms with Crippen molar-refractivity contribution in [2.24, 2.45) is 0 Å². The quantitative estimate of drug-likeness (QED) is 0.805. The zero-order valence-electron chi connectivity index (χ0n) is 10.7. The lowest BCUT2D eigenvalue weighted by Crippen LogP contribution is -2.45. The zero-order chi connectivity index (χ0) is 11.8. The molecular formula is C13H24O3. The Balaban J connectivity index is 2.06. The van der Waals surface area contributed by atoms with Gasteiger partial charge >= 0.3 is 0 Å². The molecular weight excluding hydrogens is 204 g/mol. The van der Waals surface area contributed by atoms with Crippen molar-refractivity contribution in [1.82, 2.24) is 0 Å². The third-order valence-electron chi connectivity index (χ3n) is 4.50. The summed E-state index contributed by atoms with van der Waals surface area (Å²) in [7, 11) is 0. The van der Waals surface area contributed by atoms with Crippen LogP contribution in [0.25, 0.3) is 0 Å². The van der Waals surface area contributed by atoms with Crippen LogP contribution in [0.3, 0.4) is 0 Å². The van der Waals surface area contributed by atoms with Crippen LogP contribution < -0.4 is 0 Å². The van der Waals surface area contributed by atoms with E-state index in [-0.39, 0.29) is 17.3 Å². The van der Waals surface area contributed by atoms with Crippen LogP contribution in [0, 0.1) is 0 Å². The van der Waals surface area contributed by atoms with Crippen LogP contribution in [0.2, 0.25) is 0 Å². The Morgan fingerprint density at radius 1 is 1.44 bits per heavy atom. The van der Waals surface area contributed by atoms with E-state index >= 15 is 0 Å². The molecule has 1 N–H and O–H groups in total. The van der Waals surface area contributed by atoms with Gasteiger partial charge in [-0.05, 0) is 46.0 Å². The fourth-order valence-electron chi connectivity index (χ4n) is 3.12. The van der Waals surface area contributed by atoms with Gasteiger partial charge in [-0.15, -0.1) is 0 Å². The van der Waals surface area contributed by atoms with Gasteiger partial charge in [-0.1, -0.05) is 6.92 Å². The Kier molecular flexibility index (Phi) is 3.30. The van der Waals surface area contributed by atoms with E-state index in [0.717, 1.165) is 38.7 Å². The van der Waals surface area contributed by atoms with Crippen LogP contribution in [0.15, 0.2) is 0 Å². The third kappa shape index (κ3) is 1.89. The predicted molar refractivity (Wildman–Crippen MR) is 62.4 cm³/mol. The molecule has 94 valence electrons. The van der Waals surface area contributed by atoms with Crippen LogP contribution in [-0.2, 0) is 9.47 Å². The van der Waals surface area contributed by atoms with Gasteiger partial charge in [0.05, 0.1) is 23.4 Å². The minimum absolute atomic E-state index is 0.119. The van der Waals surface area contributed by atoms with E-state index in [1.807, 2.05) is 6.92 Å². The molecule has 0 spiro atoms.